The Morgan fingerprint density at radius 1 is 1.42 bits per heavy atom. The minimum absolute atomic E-state index is 0.00819. The Bertz CT molecular complexity index is 450. The number of phenolic OH excluding ortho intramolecular Hbond substituents is 1. The van der Waals surface area contributed by atoms with Crippen molar-refractivity contribution in [2.75, 3.05) is 6.54 Å². The molecule has 0 fully saturated rings. The summed E-state index contributed by atoms with van der Waals surface area (Å²) in [4.78, 5) is 12.7. The summed E-state index contributed by atoms with van der Waals surface area (Å²) >= 11 is 0. The number of carboxylic acid groups (broad SMARTS) is 1. The Balaban J connectivity index is 2.97. The van der Waals surface area contributed by atoms with Gasteiger partial charge in [-0.15, -0.1) is 0 Å². The second-order valence-corrected chi connectivity index (χ2v) is 4.66. The highest BCUT2D eigenvalue weighted by atomic mass is 19.1. The van der Waals surface area contributed by atoms with Crippen LogP contribution in [0.25, 0.3) is 0 Å². The molecule has 0 spiro atoms. The van der Waals surface area contributed by atoms with Crippen LogP contribution in [0, 0.1) is 5.82 Å². The zero-order valence-corrected chi connectivity index (χ0v) is 11.4. The minimum atomic E-state index is -0.874. The van der Waals surface area contributed by atoms with Crippen LogP contribution in [0.15, 0.2) is 18.2 Å². The van der Waals surface area contributed by atoms with Crippen molar-refractivity contribution in [1.82, 2.24) is 4.90 Å². The van der Waals surface area contributed by atoms with E-state index < -0.39 is 11.8 Å². The molecule has 4 nitrogen and oxygen atoms in total. The average molecular weight is 269 g/mol. The van der Waals surface area contributed by atoms with Crippen LogP contribution in [-0.4, -0.2) is 33.7 Å². The molecule has 5 heteroatoms. The minimum Gasteiger partial charge on any atom is -0.508 e. The molecular formula is C14H20FNO3. The van der Waals surface area contributed by atoms with Gasteiger partial charge in [-0.1, -0.05) is 6.92 Å². The molecule has 2 N–H and O–H groups in total. The fourth-order valence-electron chi connectivity index (χ4n) is 2.38. The van der Waals surface area contributed by atoms with Crippen LogP contribution in [0.1, 0.15) is 38.8 Å². The monoisotopic (exact) mass is 269 g/mol. The highest BCUT2D eigenvalue weighted by Gasteiger charge is 2.23. The summed E-state index contributed by atoms with van der Waals surface area (Å²) in [6, 6.07) is 3.35. The molecule has 19 heavy (non-hydrogen) atoms. The zero-order chi connectivity index (χ0) is 14.6. The summed E-state index contributed by atoms with van der Waals surface area (Å²) < 4.78 is 13.3. The molecule has 1 rings (SSSR count). The second kappa shape index (κ2) is 6.52. The van der Waals surface area contributed by atoms with Gasteiger partial charge in [0.25, 0.3) is 0 Å². The van der Waals surface area contributed by atoms with Gasteiger partial charge in [0.1, 0.15) is 11.6 Å². The molecule has 0 saturated heterocycles. The first-order chi connectivity index (χ1) is 8.86. The maximum Gasteiger partial charge on any atom is 0.304 e. The number of aromatic hydroxyl groups is 1. The Hall–Kier alpha value is -1.62. The number of rotatable bonds is 6. The molecule has 0 amide bonds. The number of nitrogens with zero attached hydrogens (tertiary/aromatic N) is 1. The lowest BCUT2D eigenvalue weighted by atomic mass is 10.0. The van der Waals surface area contributed by atoms with Crippen LogP contribution in [0.4, 0.5) is 4.39 Å². The topological polar surface area (TPSA) is 60.8 Å². The van der Waals surface area contributed by atoms with E-state index in [9.17, 15) is 14.3 Å². The van der Waals surface area contributed by atoms with E-state index in [1.54, 1.807) is 0 Å². The number of aliphatic carboxylic acids is 1. The van der Waals surface area contributed by atoms with Crippen molar-refractivity contribution in [1.29, 1.82) is 0 Å². The molecule has 0 aliphatic rings. The molecule has 1 aromatic rings. The molecule has 2 atom stereocenters. The van der Waals surface area contributed by atoms with Gasteiger partial charge in [-0.05, 0) is 38.6 Å². The summed E-state index contributed by atoms with van der Waals surface area (Å²) in [5.41, 5.74) is 0.471. The van der Waals surface area contributed by atoms with Crippen molar-refractivity contribution in [2.45, 2.75) is 39.3 Å². The Morgan fingerprint density at radius 2 is 2.05 bits per heavy atom. The maximum absolute atomic E-state index is 13.3. The fraction of sp³-hybridized carbons (Fsp3) is 0.500. The van der Waals surface area contributed by atoms with Crippen LogP contribution < -0.4 is 0 Å². The maximum atomic E-state index is 13.3. The molecule has 0 aliphatic heterocycles. The third-order valence-corrected chi connectivity index (χ3v) is 3.34. The van der Waals surface area contributed by atoms with E-state index in [1.807, 2.05) is 25.7 Å². The van der Waals surface area contributed by atoms with Gasteiger partial charge in [-0.2, -0.15) is 0 Å². The predicted molar refractivity (Wildman–Crippen MR) is 70.6 cm³/mol. The van der Waals surface area contributed by atoms with Gasteiger partial charge >= 0.3 is 5.97 Å². The number of phenols is 1. The molecule has 2 unspecified atom stereocenters. The zero-order valence-electron chi connectivity index (χ0n) is 11.4. The fourth-order valence-corrected chi connectivity index (χ4v) is 2.38. The van der Waals surface area contributed by atoms with Crippen molar-refractivity contribution >= 4 is 5.97 Å². The number of carboxylic acids is 1. The van der Waals surface area contributed by atoms with Gasteiger partial charge < -0.3 is 10.2 Å². The van der Waals surface area contributed by atoms with E-state index in [2.05, 4.69) is 0 Å². The summed E-state index contributed by atoms with van der Waals surface area (Å²) in [6.45, 7) is 6.16. The van der Waals surface area contributed by atoms with Crippen LogP contribution in [0.3, 0.4) is 0 Å². The first kappa shape index (κ1) is 15.4. The summed E-state index contributed by atoms with van der Waals surface area (Å²) in [5, 5.41) is 18.6. The third kappa shape index (κ3) is 3.92. The Kier molecular flexibility index (Phi) is 5.30. The normalized spacial score (nSPS) is 14.4. The number of halogens is 1. The first-order valence-electron chi connectivity index (χ1n) is 6.32. The van der Waals surface area contributed by atoms with Gasteiger partial charge in [0, 0.05) is 17.6 Å². The molecule has 1 aromatic carbocycles. The summed E-state index contributed by atoms with van der Waals surface area (Å²) in [7, 11) is 0. The van der Waals surface area contributed by atoms with Crippen LogP contribution in [-0.2, 0) is 4.79 Å². The molecule has 0 saturated carbocycles. The molecule has 106 valence electrons. The van der Waals surface area contributed by atoms with E-state index in [0.29, 0.717) is 12.1 Å². The van der Waals surface area contributed by atoms with E-state index in [1.165, 1.54) is 18.2 Å². The lowest BCUT2D eigenvalue weighted by molar-refractivity contribution is -0.138. The summed E-state index contributed by atoms with van der Waals surface area (Å²) in [5.74, 6) is -1.27. The molecule has 0 aliphatic carbocycles. The molecule has 0 aromatic heterocycles. The molecular weight excluding hydrogens is 249 g/mol. The van der Waals surface area contributed by atoms with Crippen molar-refractivity contribution in [2.24, 2.45) is 0 Å². The van der Waals surface area contributed by atoms with Crippen LogP contribution >= 0.6 is 0 Å². The number of hydrogen-bond acceptors (Lipinski definition) is 3. The van der Waals surface area contributed by atoms with Crippen LogP contribution in [0.2, 0.25) is 0 Å². The van der Waals surface area contributed by atoms with E-state index in [0.717, 1.165) is 0 Å². The number of hydrogen-bond donors (Lipinski definition) is 2. The van der Waals surface area contributed by atoms with Crippen molar-refractivity contribution < 1.29 is 19.4 Å². The van der Waals surface area contributed by atoms with E-state index in [4.69, 9.17) is 5.11 Å². The largest absolute Gasteiger partial charge is 0.508 e. The van der Waals surface area contributed by atoms with Gasteiger partial charge in [0.2, 0.25) is 0 Å². The van der Waals surface area contributed by atoms with Gasteiger partial charge in [0.05, 0.1) is 6.42 Å². The Morgan fingerprint density at radius 3 is 2.58 bits per heavy atom. The quantitative estimate of drug-likeness (QED) is 0.833. The van der Waals surface area contributed by atoms with Gasteiger partial charge in [-0.25, -0.2) is 4.39 Å². The van der Waals surface area contributed by atoms with Crippen LogP contribution in [0.5, 0.6) is 5.75 Å². The van der Waals surface area contributed by atoms with Crippen molar-refractivity contribution in [3.05, 3.63) is 29.6 Å². The average Bonchev–Trinajstić information content (AvgIpc) is 2.32. The summed E-state index contributed by atoms with van der Waals surface area (Å²) in [6.07, 6.45) is 0.00819. The first-order valence-corrected chi connectivity index (χ1v) is 6.32. The number of benzene rings is 1. The SMILES string of the molecule is CCN(C(C)CC(=O)O)C(C)c1cc(F)ccc1O. The van der Waals surface area contributed by atoms with Crippen molar-refractivity contribution in [3.8, 4) is 5.75 Å². The Labute approximate surface area is 112 Å². The lowest BCUT2D eigenvalue weighted by Gasteiger charge is -2.33. The molecule has 0 heterocycles. The van der Waals surface area contributed by atoms with E-state index >= 15 is 0 Å². The smallest absolute Gasteiger partial charge is 0.304 e. The lowest BCUT2D eigenvalue weighted by Crippen LogP contribution is -2.36. The van der Waals surface area contributed by atoms with Gasteiger partial charge in [-0.3, -0.25) is 9.69 Å². The highest BCUT2D eigenvalue weighted by molar-refractivity contribution is 5.67. The third-order valence-electron chi connectivity index (χ3n) is 3.34. The standard InChI is InChI=1S/C14H20FNO3/c1-4-16(9(2)7-14(18)19)10(3)12-8-11(15)5-6-13(12)17/h5-6,8-10,17H,4,7H2,1-3H3,(H,18,19). The molecule has 0 bridgehead atoms. The molecule has 0 radical (unpaired) electrons. The highest BCUT2D eigenvalue weighted by Crippen LogP contribution is 2.30. The van der Waals surface area contributed by atoms with Crippen molar-refractivity contribution in [3.63, 3.8) is 0 Å². The predicted octanol–water partition coefficient (Wildman–Crippen LogP) is 2.78. The van der Waals surface area contributed by atoms with E-state index in [-0.39, 0.29) is 24.3 Å². The number of carbonyl (C=O) groups is 1. The second-order valence-electron chi connectivity index (χ2n) is 4.66. The van der Waals surface area contributed by atoms with Gasteiger partial charge in [0.15, 0.2) is 0 Å².